The predicted molar refractivity (Wildman–Crippen MR) is 74.9 cm³/mol. The van der Waals surface area contributed by atoms with Crippen LogP contribution in [0.3, 0.4) is 0 Å². The normalized spacial score (nSPS) is 12.2. The maximum atomic E-state index is 12.1. The molecule has 0 aliphatic heterocycles. The molecule has 20 heavy (non-hydrogen) atoms. The van der Waals surface area contributed by atoms with Crippen LogP contribution in [-0.4, -0.2) is 43.6 Å². The lowest BCUT2D eigenvalue weighted by Gasteiger charge is -2.21. The number of amides is 2. The van der Waals surface area contributed by atoms with Crippen molar-refractivity contribution < 1.29 is 4.79 Å². The Morgan fingerprint density at radius 1 is 1.50 bits per heavy atom. The number of hydrogen-bond acceptors (Lipinski definition) is 3. The van der Waals surface area contributed by atoms with Gasteiger partial charge in [-0.3, -0.25) is 9.36 Å². The van der Waals surface area contributed by atoms with Gasteiger partial charge in [0.1, 0.15) is 0 Å². The van der Waals surface area contributed by atoms with Gasteiger partial charge in [0.05, 0.1) is 19.3 Å². The van der Waals surface area contributed by atoms with E-state index in [2.05, 4.69) is 15.5 Å². The zero-order chi connectivity index (χ0) is 14.5. The van der Waals surface area contributed by atoms with Crippen LogP contribution in [0, 0.1) is 0 Å². The van der Waals surface area contributed by atoms with Crippen molar-refractivity contribution >= 4 is 6.03 Å². The fourth-order valence-electron chi connectivity index (χ4n) is 1.95. The summed E-state index contributed by atoms with van der Waals surface area (Å²) >= 11 is 0. The van der Waals surface area contributed by atoms with Crippen LogP contribution in [0.2, 0.25) is 0 Å². The van der Waals surface area contributed by atoms with Crippen molar-refractivity contribution in [2.45, 2.75) is 26.1 Å². The Morgan fingerprint density at radius 3 is 2.90 bits per heavy atom. The van der Waals surface area contributed by atoms with E-state index in [-0.39, 0.29) is 12.1 Å². The number of hydrogen-bond donors (Lipinski definition) is 1. The molecule has 2 rings (SSSR count). The van der Waals surface area contributed by atoms with Gasteiger partial charge in [0.25, 0.3) is 0 Å². The van der Waals surface area contributed by atoms with Gasteiger partial charge in [0.15, 0.2) is 0 Å². The van der Waals surface area contributed by atoms with Crippen LogP contribution in [0.5, 0.6) is 0 Å². The molecular formula is C13H20N6O. The monoisotopic (exact) mass is 276 g/mol. The van der Waals surface area contributed by atoms with Crippen molar-refractivity contribution in [3.05, 3.63) is 36.4 Å². The van der Waals surface area contributed by atoms with E-state index in [4.69, 9.17) is 0 Å². The third-order valence-electron chi connectivity index (χ3n) is 2.91. The maximum absolute atomic E-state index is 12.1. The third kappa shape index (κ3) is 3.84. The van der Waals surface area contributed by atoms with E-state index in [1.165, 1.54) is 0 Å². The Kier molecular flexibility index (Phi) is 4.39. The van der Waals surface area contributed by atoms with Gasteiger partial charge in [0, 0.05) is 44.3 Å². The molecule has 0 saturated heterocycles. The maximum Gasteiger partial charge on any atom is 0.317 e. The largest absolute Gasteiger partial charge is 0.334 e. The number of nitrogens with one attached hydrogen (secondary N) is 1. The van der Waals surface area contributed by atoms with E-state index in [0.29, 0.717) is 13.1 Å². The topological polar surface area (TPSA) is 68.0 Å². The highest BCUT2D eigenvalue weighted by molar-refractivity contribution is 5.74. The predicted octanol–water partition coefficient (Wildman–Crippen LogP) is 0.847. The molecule has 1 N–H and O–H groups in total. The van der Waals surface area contributed by atoms with Gasteiger partial charge in [-0.1, -0.05) is 0 Å². The molecule has 1 atom stereocenters. The summed E-state index contributed by atoms with van der Waals surface area (Å²) in [6.45, 7) is 3.14. The summed E-state index contributed by atoms with van der Waals surface area (Å²) in [7, 11) is 3.62. The molecule has 0 aliphatic rings. The molecule has 0 bridgehead atoms. The fourth-order valence-corrected chi connectivity index (χ4v) is 1.95. The molecule has 0 radical (unpaired) electrons. The van der Waals surface area contributed by atoms with Crippen LogP contribution in [0.4, 0.5) is 4.79 Å². The fraction of sp³-hybridized carbons (Fsp3) is 0.462. The molecule has 2 amide bonds. The van der Waals surface area contributed by atoms with Gasteiger partial charge < -0.3 is 10.2 Å². The first-order chi connectivity index (χ1) is 9.54. The number of aryl methyl sites for hydroxylation is 1. The Balaban J connectivity index is 1.81. The molecule has 7 nitrogen and oxygen atoms in total. The Hall–Kier alpha value is -2.31. The summed E-state index contributed by atoms with van der Waals surface area (Å²) in [5.74, 6) is 0. The number of urea groups is 1. The summed E-state index contributed by atoms with van der Waals surface area (Å²) in [5, 5.41) is 11.2. The summed E-state index contributed by atoms with van der Waals surface area (Å²) in [6.07, 6.45) is 7.26. The van der Waals surface area contributed by atoms with Crippen molar-refractivity contribution in [2.75, 3.05) is 7.05 Å². The molecular weight excluding hydrogens is 256 g/mol. The van der Waals surface area contributed by atoms with Crippen LogP contribution in [-0.2, 0) is 20.1 Å². The molecule has 2 aromatic rings. The first-order valence-electron chi connectivity index (χ1n) is 6.51. The number of aromatic nitrogens is 4. The van der Waals surface area contributed by atoms with E-state index < -0.39 is 0 Å². The molecule has 108 valence electrons. The number of carbonyl (C=O) groups is 1. The van der Waals surface area contributed by atoms with Gasteiger partial charge in [-0.05, 0) is 13.0 Å². The zero-order valence-electron chi connectivity index (χ0n) is 12.0. The Bertz CT molecular complexity index is 547. The second-order valence-electron chi connectivity index (χ2n) is 4.96. The average molecular weight is 276 g/mol. The lowest BCUT2D eigenvalue weighted by atomic mass is 10.3. The minimum atomic E-state index is -0.103. The highest BCUT2D eigenvalue weighted by Crippen LogP contribution is 2.02. The van der Waals surface area contributed by atoms with Crippen molar-refractivity contribution in [3.63, 3.8) is 0 Å². The van der Waals surface area contributed by atoms with Crippen molar-refractivity contribution in [2.24, 2.45) is 7.05 Å². The van der Waals surface area contributed by atoms with Gasteiger partial charge in [0.2, 0.25) is 0 Å². The van der Waals surface area contributed by atoms with E-state index in [0.717, 1.165) is 5.56 Å². The molecule has 7 heteroatoms. The Labute approximate surface area is 118 Å². The van der Waals surface area contributed by atoms with E-state index in [1.807, 2.05) is 32.4 Å². The molecule has 0 aromatic carbocycles. The van der Waals surface area contributed by atoms with E-state index in [1.54, 1.807) is 33.7 Å². The second kappa shape index (κ2) is 6.23. The quantitative estimate of drug-likeness (QED) is 0.880. The SMILES string of the molecule is C[C@H](Cn1cccn1)NC(=O)N(C)Cc1cnn(C)c1. The van der Waals surface area contributed by atoms with Crippen molar-refractivity contribution in [3.8, 4) is 0 Å². The van der Waals surface area contributed by atoms with Crippen molar-refractivity contribution in [1.82, 2.24) is 29.8 Å². The molecule has 0 fully saturated rings. The summed E-state index contributed by atoms with van der Waals surface area (Å²) in [5.41, 5.74) is 1.00. The third-order valence-corrected chi connectivity index (χ3v) is 2.91. The summed E-state index contributed by atoms with van der Waals surface area (Å²) in [4.78, 5) is 13.7. The van der Waals surface area contributed by atoms with Crippen LogP contribution >= 0.6 is 0 Å². The minimum Gasteiger partial charge on any atom is -0.334 e. The minimum absolute atomic E-state index is 0.0127. The zero-order valence-corrected chi connectivity index (χ0v) is 12.0. The Morgan fingerprint density at radius 2 is 2.30 bits per heavy atom. The van der Waals surface area contributed by atoms with Crippen LogP contribution in [0.1, 0.15) is 12.5 Å². The second-order valence-corrected chi connectivity index (χ2v) is 4.96. The molecule has 2 heterocycles. The summed E-state index contributed by atoms with van der Waals surface area (Å²) in [6, 6.07) is 1.77. The summed E-state index contributed by atoms with van der Waals surface area (Å²) < 4.78 is 3.52. The lowest BCUT2D eigenvalue weighted by molar-refractivity contribution is 0.202. The molecule has 0 unspecified atom stereocenters. The van der Waals surface area contributed by atoms with Gasteiger partial charge in [-0.15, -0.1) is 0 Å². The van der Waals surface area contributed by atoms with Crippen LogP contribution < -0.4 is 5.32 Å². The van der Waals surface area contributed by atoms with Crippen molar-refractivity contribution in [1.29, 1.82) is 0 Å². The van der Waals surface area contributed by atoms with Gasteiger partial charge in [-0.25, -0.2) is 4.79 Å². The number of carbonyl (C=O) groups excluding carboxylic acids is 1. The molecule has 0 spiro atoms. The molecule has 0 aliphatic carbocycles. The van der Waals surface area contributed by atoms with E-state index in [9.17, 15) is 4.79 Å². The smallest absolute Gasteiger partial charge is 0.317 e. The highest BCUT2D eigenvalue weighted by atomic mass is 16.2. The van der Waals surface area contributed by atoms with Gasteiger partial charge in [-0.2, -0.15) is 10.2 Å². The van der Waals surface area contributed by atoms with Crippen LogP contribution in [0.15, 0.2) is 30.9 Å². The number of rotatable bonds is 5. The average Bonchev–Trinajstić information content (AvgIpc) is 3.01. The molecule has 0 saturated carbocycles. The first kappa shape index (κ1) is 14.1. The standard InChI is InChI=1S/C13H20N6O/c1-11(8-19-6-4-5-14-19)16-13(20)17(2)9-12-7-15-18(3)10-12/h4-7,10-11H,8-9H2,1-3H3,(H,16,20)/t11-/m1/s1. The first-order valence-corrected chi connectivity index (χ1v) is 6.51. The van der Waals surface area contributed by atoms with Gasteiger partial charge >= 0.3 is 6.03 Å². The van der Waals surface area contributed by atoms with E-state index >= 15 is 0 Å². The highest BCUT2D eigenvalue weighted by Gasteiger charge is 2.13. The molecule has 2 aromatic heterocycles. The number of nitrogens with zero attached hydrogens (tertiary/aromatic N) is 5. The van der Waals surface area contributed by atoms with Crippen LogP contribution in [0.25, 0.3) is 0 Å². The lowest BCUT2D eigenvalue weighted by Crippen LogP contribution is -2.43.